The number of hydrogen-bond donors (Lipinski definition) is 2. The number of rotatable bonds is 6. The lowest BCUT2D eigenvalue weighted by Crippen LogP contribution is -2.33. The second kappa shape index (κ2) is 7.95. The molecule has 0 amide bonds. The van der Waals surface area contributed by atoms with E-state index in [4.69, 9.17) is 0 Å². The molecular weight excluding hydrogens is 453 g/mol. The Labute approximate surface area is 188 Å². The van der Waals surface area contributed by atoms with Gasteiger partial charge in [0.15, 0.2) is 0 Å². The van der Waals surface area contributed by atoms with Gasteiger partial charge in [0, 0.05) is 28.9 Å². The van der Waals surface area contributed by atoms with Gasteiger partial charge in [-0.15, -0.1) is 0 Å². The maximum absolute atomic E-state index is 12.7. The molecule has 0 atom stereocenters. The lowest BCUT2D eigenvalue weighted by atomic mass is 10.0. The first kappa shape index (κ1) is 21.6. The molecule has 10 heteroatoms. The van der Waals surface area contributed by atoms with E-state index in [0.29, 0.717) is 30.6 Å². The Morgan fingerprint density at radius 3 is 2.52 bits per heavy atom. The molecule has 33 heavy (non-hydrogen) atoms. The van der Waals surface area contributed by atoms with Crippen molar-refractivity contribution in [3.63, 3.8) is 0 Å². The van der Waals surface area contributed by atoms with Gasteiger partial charge in [0.05, 0.1) is 29.2 Å². The number of fused-ring (bicyclic) bond motifs is 1. The zero-order valence-electron chi connectivity index (χ0n) is 17.4. The number of aromatic amines is 1. The summed E-state index contributed by atoms with van der Waals surface area (Å²) >= 11 is 0. The highest BCUT2D eigenvalue weighted by Crippen LogP contribution is 2.33. The molecule has 0 saturated heterocycles. The highest BCUT2D eigenvalue weighted by atomic mass is 32.2. The van der Waals surface area contributed by atoms with Crippen molar-refractivity contribution in [1.29, 1.82) is 0 Å². The summed E-state index contributed by atoms with van der Waals surface area (Å²) in [6.45, 7) is 0.330. The lowest BCUT2D eigenvalue weighted by Gasteiger charge is -2.25. The van der Waals surface area contributed by atoms with Gasteiger partial charge in [-0.2, -0.15) is 18.3 Å². The van der Waals surface area contributed by atoms with E-state index in [2.05, 4.69) is 14.8 Å². The van der Waals surface area contributed by atoms with E-state index in [1.807, 2.05) is 24.4 Å². The van der Waals surface area contributed by atoms with Crippen molar-refractivity contribution in [2.24, 2.45) is 0 Å². The SMILES string of the molecule is O=S(=O)(Nc1c[nH]c2ccc(-c3cnn(Cc4ccc(C(F)(F)F)cc4)c3)cc12)C1CCC1. The number of alkyl halides is 3. The average molecular weight is 475 g/mol. The predicted molar refractivity (Wildman–Crippen MR) is 120 cm³/mol. The Balaban J connectivity index is 1.36. The Bertz CT molecular complexity index is 1400. The zero-order chi connectivity index (χ0) is 23.2. The molecule has 172 valence electrons. The minimum Gasteiger partial charge on any atom is -0.359 e. The zero-order valence-corrected chi connectivity index (χ0v) is 18.2. The van der Waals surface area contributed by atoms with Gasteiger partial charge in [-0.05, 0) is 48.2 Å². The minimum atomic E-state index is -4.36. The number of anilines is 1. The first-order valence-corrected chi connectivity index (χ1v) is 12.1. The number of hydrogen-bond acceptors (Lipinski definition) is 3. The summed E-state index contributed by atoms with van der Waals surface area (Å²) in [6.07, 6.45) is 3.07. The second-order valence-corrected chi connectivity index (χ2v) is 10.2. The Morgan fingerprint density at radius 1 is 1.09 bits per heavy atom. The molecule has 2 aromatic heterocycles. The standard InChI is InChI=1S/C23H21F3N4O2S/c24-23(25,26)18-7-4-15(5-8-18)13-30-14-17(11-28-30)16-6-9-21-20(10-16)22(12-27-21)29-33(31,32)19-2-1-3-19/h4-12,14,19,27,29H,1-3,13H2. The molecule has 0 spiro atoms. The van der Waals surface area contributed by atoms with Crippen molar-refractivity contribution in [3.05, 3.63) is 72.2 Å². The third-order valence-electron chi connectivity index (χ3n) is 6.02. The number of nitrogens with one attached hydrogen (secondary N) is 2. The van der Waals surface area contributed by atoms with Crippen molar-refractivity contribution in [2.75, 3.05) is 4.72 Å². The summed E-state index contributed by atoms with van der Waals surface area (Å²) in [4.78, 5) is 3.09. The minimum absolute atomic E-state index is 0.330. The Morgan fingerprint density at radius 2 is 1.85 bits per heavy atom. The quantitative estimate of drug-likeness (QED) is 0.393. The number of sulfonamides is 1. The molecule has 6 nitrogen and oxygen atoms in total. The van der Waals surface area contributed by atoms with Gasteiger partial charge in [-0.1, -0.05) is 24.6 Å². The van der Waals surface area contributed by atoms with E-state index >= 15 is 0 Å². The summed E-state index contributed by atoms with van der Waals surface area (Å²) in [5.41, 5.74) is 3.00. The molecular formula is C23H21F3N4O2S. The van der Waals surface area contributed by atoms with E-state index in [1.54, 1.807) is 17.1 Å². The maximum atomic E-state index is 12.7. The molecule has 2 N–H and O–H groups in total. The second-order valence-electron chi connectivity index (χ2n) is 8.28. The van der Waals surface area contributed by atoms with Gasteiger partial charge in [-0.3, -0.25) is 9.40 Å². The van der Waals surface area contributed by atoms with Crippen molar-refractivity contribution < 1.29 is 21.6 Å². The van der Waals surface area contributed by atoms with E-state index in [0.717, 1.165) is 40.6 Å². The van der Waals surface area contributed by atoms with Crippen molar-refractivity contribution in [2.45, 2.75) is 37.2 Å². The van der Waals surface area contributed by atoms with Gasteiger partial charge >= 0.3 is 6.18 Å². The van der Waals surface area contributed by atoms with Crippen LogP contribution in [0.1, 0.15) is 30.4 Å². The number of aromatic nitrogens is 3. The number of halogens is 3. The molecule has 2 aromatic carbocycles. The first-order chi connectivity index (χ1) is 15.7. The first-order valence-electron chi connectivity index (χ1n) is 10.5. The van der Waals surface area contributed by atoms with Crippen LogP contribution in [0, 0.1) is 0 Å². The smallest absolute Gasteiger partial charge is 0.359 e. The molecule has 1 aliphatic rings. The van der Waals surface area contributed by atoms with Crippen LogP contribution in [-0.2, 0) is 22.7 Å². The van der Waals surface area contributed by atoms with E-state index in [-0.39, 0.29) is 5.25 Å². The Hall–Kier alpha value is -3.27. The largest absolute Gasteiger partial charge is 0.416 e. The van der Waals surface area contributed by atoms with Gasteiger partial charge < -0.3 is 4.98 Å². The van der Waals surface area contributed by atoms with E-state index in [1.165, 1.54) is 12.1 Å². The topological polar surface area (TPSA) is 79.8 Å². The lowest BCUT2D eigenvalue weighted by molar-refractivity contribution is -0.137. The van der Waals surface area contributed by atoms with Crippen molar-refractivity contribution in [1.82, 2.24) is 14.8 Å². The molecule has 0 unspecified atom stereocenters. The van der Waals surface area contributed by atoms with Crippen LogP contribution in [0.4, 0.5) is 18.9 Å². The fraction of sp³-hybridized carbons (Fsp3) is 0.261. The molecule has 5 rings (SSSR count). The fourth-order valence-corrected chi connectivity index (χ4v) is 5.48. The summed E-state index contributed by atoms with van der Waals surface area (Å²) in [5.74, 6) is 0. The monoisotopic (exact) mass is 474 g/mol. The molecule has 0 bridgehead atoms. The highest BCUT2D eigenvalue weighted by Gasteiger charge is 2.32. The third kappa shape index (κ3) is 4.35. The Kier molecular flexibility index (Phi) is 5.19. The van der Waals surface area contributed by atoms with Crippen LogP contribution >= 0.6 is 0 Å². The number of nitrogens with zero attached hydrogens (tertiary/aromatic N) is 2. The van der Waals surface area contributed by atoms with Crippen molar-refractivity contribution >= 4 is 26.6 Å². The molecule has 2 heterocycles. The summed E-state index contributed by atoms with van der Waals surface area (Å²) in [6, 6.07) is 10.7. The van der Waals surface area contributed by atoms with E-state index < -0.39 is 21.8 Å². The number of H-pyrrole nitrogens is 1. The van der Waals surface area contributed by atoms with Crippen LogP contribution in [0.5, 0.6) is 0 Å². The summed E-state index contributed by atoms with van der Waals surface area (Å²) in [5, 5.41) is 4.74. The maximum Gasteiger partial charge on any atom is 0.416 e. The third-order valence-corrected chi connectivity index (χ3v) is 7.87. The van der Waals surface area contributed by atoms with Crippen LogP contribution in [0.25, 0.3) is 22.0 Å². The number of benzene rings is 2. The molecule has 0 radical (unpaired) electrons. The summed E-state index contributed by atoms with van der Waals surface area (Å²) in [7, 11) is -3.42. The average Bonchev–Trinajstić information content (AvgIpc) is 3.33. The fourth-order valence-electron chi connectivity index (χ4n) is 3.89. The van der Waals surface area contributed by atoms with Crippen LogP contribution in [0.3, 0.4) is 0 Å². The van der Waals surface area contributed by atoms with Crippen LogP contribution in [0.15, 0.2) is 61.1 Å². The molecule has 1 saturated carbocycles. The predicted octanol–water partition coefficient (Wildman–Crippen LogP) is 5.39. The highest BCUT2D eigenvalue weighted by molar-refractivity contribution is 7.93. The molecule has 1 fully saturated rings. The van der Waals surface area contributed by atoms with Gasteiger partial charge in [0.1, 0.15) is 0 Å². The van der Waals surface area contributed by atoms with Crippen LogP contribution in [0.2, 0.25) is 0 Å². The molecule has 0 aliphatic heterocycles. The molecule has 1 aliphatic carbocycles. The molecule has 4 aromatic rings. The van der Waals surface area contributed by atoms with E-state index in [9.17, 15) is 21.6 Å². The van der Waals surface area contributed by atoms with Crippen molar-refractivity contribution in [3.8, 4) is 11.1 Å². The van der Waals surface area contributed by atoms with Crippen LogP contribution in [-0.4, -0.2) is 28.4 Å². The van der Waals surface area contributed by atoms with Gasteiger partial charge in [0.25, 0.3) is 0 Å². The normalized spacial score (nSPS) is 15.0. The summed E-state index contributed by atoms with van der Waals surface area (Å²) < 4.78 is 67.7. The van der Waals surface area contributed by atoms with Gasteiger partial charge in [0.2, 0.25) is 10.0 Å². The van der Waals surface area contributed by atoms with Crippen LogP contribution < -0.4 is 4.72 Å². The van der Waals surface area contributed by atoms with Gasteiger partial charge in [-0.25, -0.2) is 8.42 Å².